The molecule has 0 aliphatic heterocycles. The molecular formula is C11H16N2O2. The second kappa shape index (κ2) is 4.79. The van der Waals surface area contributed by atoms with Crippen molar-refractivity contribution in [3.63, 3.8) is 0 Å². The van der Waals surface area contributed by atoms with E-state index in [9.17, 15) is 4.79 Å². The fourth-order valence-corrected chi connectivity index (χ4v) is 1.55. The number of hydrogen-bond donors (Lipinski definition) is 2. The van der Waals surface area contributed by atoms with Gasteiger partial charge in [-0.3, -0.25) is 0 Å². The summed E-state index contributed by atoms with van der Waals surface area (Å²) >= 11 is 0. The minimum Gasteiger partial charge on any atom is -0.480 e. The van der Waals surface area contributed by atoms with E-state index in [0.29, 0.717) is 0 Å². The van der Waals surface area contributed by atoms with Crippen LogP contribution in [-0.2, 0) is 4.79 Å². The molecular weight excluding hydrogens is 192 g/mol. The molecule has 1 unspecified atom stereocenters. The first-order valence-electron chi connectivity index (χ1n) is 4.79. The predicted molar refractivity (Wildman–Crippen MR) is 60.1 cm³/mol. The molecule has 0 aliphatic rings. The Morgan fingerprint density at radius 2 is 2.13 bits per heavy atom. The number of aryl methyl sites for hydroxylation is 1. The molecule has 0 heterocycles. The smallest absolute Gasteiger partial charge is 0.327 e. The largest absolute Gasteiger partial charge is 0.480 e. The van der Waals surface area contributed by atoms with E-state index in [-0.39, 0.29) is 6.54 Å². The Labute approximate surface area is 89.3 Å². The van der Waals surface area contributed by atoms with Gasteiger partial charge in [-0.05, 0) is 18.6 Å². The van der Waals surface area contributed by atoms with Gasteiger partial charge in [0.15, 0.2) is 0 Å². The van der Waals surface area contributed by atoms with E-state index < -0.39 is 12.0 Å². The van der Waals surface area contributed by atoms with Crippen LogP contribution in [0.3, 0.4) is 0 Å². The van der Waals surface area contributed by atoms with E-state index >= 15 is 0 Å². The maximum atomic E-state index is 10.9. The number of rotatable bonds is 4. The van der Waals surface area contributed by atoms with Crippen LogP contribution in [0.15, 0.2) is 24.3 Å². The lowest BCUT2D eigenvalue weighted by Crippen LogP contribution is -2.44. The number of carboxylic acids is 1. The molecule has 3 N–H and O–H groups in total. The van der Waals surface area contributed by atoms with E-state index in [0.717, 1.165) is 11.3 Å². The van der Waals surface area contributed by atoms with Crippen molar-refractivity contribution in [2.24, 2.45) is 5.73 Å². The number of carboxylic acid groups (broad SMARTS) is 1. The molecule has 1 aromatic rings. The van der Waals surface area contributed by atoms with Crippen LogP contribution in [-0.4, -0.2) is 30.7 Å². The number of carbonyl (C=O) groups is 1. The molecule has 0 saturated carbocycles. The van der Waals surface area contributed by atoms with Gasteiger partial charge >= 0.3 is 5.97 Å². The fraction of sp³-hybridized carbons (Fsp3) is 0.364. The molecule has 82 valence electrons. The number of para-hydroxylation sites is 1. The number of likely N-dealkylation sites (N-methyl/N-ethyl adjacent to an activating group) is 1. The van der Waals surface area contributed by atoms with Crippen LogP contribution in [0.1, 0.15) is 5.56 Å². The molecule has 0 amide bonds. The summed E-state index contributed by atoms with van der Waals surface area (Å²) in [7, 11) is 1.74. The average molecular weight is 208 g/mol. The first kappa shape index (κ1) is 11.5. The van der Waals surface area contributed by atoms with Crippen LogP contribution in [0.4, 0.5) is 5.69 Å². The highest BCUT2D eigenvalue weighted by molar-refractivity contribution is 5.78. The first-order valence-corrected chi connectivity index (χ1v) is 4.79. The second-order valence-electron chi connectivity index (χ2n) is 3.49. The lowest BCUT2D eigenvalue weighted by atomic mass is 10.1. The summed E-state index contributed by atoms with van der Waals surface area (Å²) in [5.74, 6) is -0.900. The van der Waals surface area contributed by atoms with Crippen LogP contribution in [0.2, 0.25) is 0 Å². The standard InChI is InChI=1S/C11H16N2O2/c1-8-5-3-4-6-9(8)13(2)10(7-12)11(14)15/h3-6,10H,7,12H2,1-2H3,(H,14,15). The third-order valence-electron chi connectivity index (χ3n) is 2.47. The molecule has 1 rings (SSSR count). The summed E-state index contributed by atoms with van der Waals surface area (Å²) in [4.78, 5) is 12.6. The third kappa shape index (κ3) is 2.47. The molecule has 0 radical (unpaired) electrons. The predicted octanol–water partition coefficient (Wildman–Crippen LogP) is 0.843. The van der Waals surface area contributed by atoms with E-state index in [4.69, 9.17) is 10.8 Å². The van der Waals surface area contributed by atoms with Gasteiger partial charge in [0.2, 0.25) is 0 Å². The van der Waals surface area contributed by atoms with Gasteiger partial charge in [0, 0.05) is 19.3 Å². The summed E-state index contributed by atoms with van der Waals surface area (Å²) in [5.41, 5.74) is 7.38. The number of nitrogens with zero attached hydrogens (tertiary/aromatic N) is 1. The molecule has 4 heteroatoms. The topological polar surface area (TPSA) is 66.6 Å². The van der Waals surface area contributed by atoms with E-state index in [1.54, 1.807) is 11.9 Å². The van der Waals surface area contributed by atoms with E-state index in [2.05, 4.69) is 0 Å². The third-order valence-corrected chi connectivity index (χ3v) is 2.47. The van der Waals surface area contributed by atoms with Gasteiger partial charge in [-0.1, -0.05) is 18.2 Å². The molecule has 1 atom stereocenters. The van der Waals surface area contributed by atoms with Gasteiger partial charge < -0.3 is 15.7 Å². The van der Waals surface area contributed by atoms with Gasteiger partial charge in [-0.25, -0.2) is 4.79 Å². The Kier molecular flexibility index (Phi) is 3.68. The molecule has 0 bridgehead atoms. The minimum atomic E-state index is -0.900. The number of nitrogens with two attached hydrogens (primary N) is 1. The number of aliphatic carboxylic acids is 1. The Morgan fingerprint density at radius 3 is 2.60 bits per heavy atom. The monoisotopic (exact) mass is 208 g/mol. The summed E-state index contributed by atoms with van der Waals surface area (Å²) < 4.78 is 0. The zero-order valence-electron chi connectivity index (χ0n) is 8.97. The Morgan fingerprint density at radius 1 is 1.53 bits per heavy atom. The van der Waals surface area contributed by atoms with Crippen molar-refractivity contribution >= 4 is 11.7 Å². The molecule has 0 aliphatic carbocycles. The molecule has 1 aromatic carbocycles. The Bertz CT molecular complexity index is 352. The summed E-state index contributed by atoms with van der Waals surface area (Å²) in [6.07, 6.45) is 0. The number of hydrogen-bond acceptors (Lipinski definition) is 3. The Balaban J connectivity index is 2.97. The molecule has 0 aromatic heterocycles. The van der Waals surface area contributed by atoms with Crippen molar-refractivity contribution < 1.29 is 9.90 Å². The van der Waals surface area contributed by atoms with Crippen LogP contribution in [0.25, 0.3) is 0 Å². The van der Waals surface area contributed by atoms with Crippen LogP contribution >= 0.6 is 0 Å². The zero-order valence-corrected chi connectivity index (χ0v) is 8.97. The Hall–Kier alpha value is -1.55. The second-order valence-corrected chi connectivity index (χ2v) is 3.49. The molecule has 0 spiro atoms. The highest BCUT2D eigenvalue weighted by atomic mass is 16.4. The van der Waals surface area contributed by atoms with Crippen molar-refractivity contribution in [3.05, 3.63) is 29.8 Å². The first-order chi connectivity index (χ1) is 7.07. The van der Waals surface area contributed by atoms with Crippen LogP contribution < -0.4 is 10.6 Å². The molecule has 15 heavy (non-hydrogen) atoms. The average Bonchev–Trinajstić information content (AvgIpc) is 2.18. The number of benzene rings is 1. The van der Waals surface area contributed by atoms with Crippen molar-refractivity contribution in [2.45, 2.75) is 13.0 Å². The normalized spacial score (nSPS) is 12.2. The van der Waals surface area contributed by atoms with Crippen molar-refractivity contribution in [2.75, 3.05) is 18.5 Å². The van der Waals surface area contributed by atoms with Gasteiger partial charge in [0.1, 0.15) is 6.04 Å². The SMILES string of the molecule is Cc1ccccc1N(C)C(CN)C(=O)O. The highest BCUT2D eigenvalue weighted by Gasteiger charge is 2.21. The quantitative estimate of drug-likeness (QED) is 0.769. The van der Waals surface area contributed by atoms with Crippen molar-refractivity contribution in [1.82, 2.24) is 0 Å². The van der Waals surface area contributed by atoms with Crippen LogP contribution in [0.5, 0.6) is 0 Å². The van der Waals surface area contributed by atoms with E-state index in [1.165, 1.54) is 0 Å². The van der Waals surface area contributed by atoms with Gasteiger partial charge in [-0.15, -0.1) is 0 Å². The van der Waals surface area contributed by atoms with E-state index in [1.807, 2.05) is 31.2 Å². The summed E-state index contributed by atoms with van der Waals surface area (Å²) in [6.45, 7) is 2.04. The zero-order chi connectivity index (χ0) is 11.4. The van der Waals surface area contributed by atoms with Crippen molar-refractivity contribution in [1.29, 1.82) is 0 Å². The molecule has 0 fully saturated rings. The highest BCUT2D eigenvalue weighted by Crippen LogP contribution is 2.19. The number of anilines is 1. The minimum absolute atomic E-state index is 0.0974. The molecule has 4 nitrogen and oxygen atoms in total. The van der Waals surface area contributed by atoms with Gasteiger partial charge in [-0.2, -0.15) is 0 Å². The maximum Gasteiger partial charge on any atom is 0.327 e. The lowest BCUT2D eigenvalue weighted by molar-refractivity contribution is -0.138. The van der Waals surface area contributed by atoms with Crippen LogP contribution in [0, 0.1) is 6.92 Å². The molecule has 0 saturated heterocycles. The summed E-state index contributed by atoms with van der Waals surface area (Å²) in [6, 6.07) is 6.97. The van der Waals surface area contributed by atoms with Crippen molar-refractivity contribution in [3.8, 4) is 0 Å². The van der Waals surface area contributed by atoms with Gasteiger partial charge in [0.25, 0.3) is 0 Å². The lowest BCUT2D eigenvalue weighted by Gasteiger charge is -2.27. The maximum absolute atomic E-state index is 10.9. The fourth-order valence-electron chi connectivity index (χ4n) is 1.55. The summed E-state index contributed by atoms with van der Waals surface area (Å²) in [5, 5.41) is 8.97. The van der Waals surface area contributed by atoms with Gasteiger partial charge in [0.05, 0.1) is 0 Å².